The number of rotatable bonds is 5. The predicted molar refractivity (Wildman–Crippen MR) is 108 cm³/mol. The fourth-order valence-corrected chi connectivity index (χ4v) is 4.51. The third kappa shape index (κ3) is 3.73. The van der Waals surface area contributed by atoms with E-state index in [1.807, 2.05) is 27.7 Å². The van der Waals surface area contributed by atoms with E-state index in [0.717, 1.165) is 0 Å². The summed E-state index contributed by atoms with van der Waals surface area (Å²) in [6, 6.07) is 7.09. The first-order chi connectivity index (χ1) is 13.6. The van der Waals surface area contributed by atoms with Gasteiger partial charge in [0.25, 0.3) is 5.91 Å². The Morgan fingerprint density at radius 1 is 1.21 bits per heavy atom. The molecule has 1 fully saturated rings. The Hall–Kier alpha value is -2.85. The quantitative estimate of drug-likeness (QED) is 0.750. The molecule has 1 saturated carbocycles. The fourth-order valence-electron chi connectivity index (χ4n) is 4.42. The highest BCUT2D eigenvalue weighted by Crippen LogP contribution is 2.55. The zero-order valence-corrected chi connectivity index (χ0v) is 17.7. The molecule has 1 heterocycles. The van der Waals surface area contributed by atoms with Gasteiger partial charge in [0.05, 0.1) is 18.2 Å². The molecule has 1 aromatic heterocycles. The molecule has 1 amide bonds. The Morgan fingerprint density at radius 3 is 2.38 bits per heavy atom. The number of benzene rings is 1. The molecule has 1 aliphatic rings. The van der Waals surface area contributed by atoms with E-state index >= 15 is 0 Å². The zero-order chi connectivity index (χ0) is 21.4. The van der Waals surface area contributed by atoms with Crippen LogP contribution in [0.1, 0.15) is 43.6 Å². The van der Waals surface area contributed by atoms with E-state index in [9.17, 15) is 4.79 Å². The number of halogens is 1. The number of nitrogens with zero attached hydrogens (tertiary/aromatic N) is 3. The fraction of sp³-hybridized carbons (Fsp3) is 0.429. The first-order valence-electron chi connectivity index (χ1n) is 9.14. The van der Waals surface area contributed by atoms with Gasteiger partial charge in [-0.1, -0.05) is 27.7 Å². The van der Waals surface area contributed by atoms with E-state index in [2.05, 4.69) is 21.4 Å². The molecule has 29 heavy (non-hydrogen) atoms. The highest BCUT2D eigenvalue weighted by atomic mass is 35.5. The second-order valence-electron chi connectivity index (χ2n) is 8.26. The van der Waals surface area contributed by atoms with Gasteiger partial charge in [-0.2, -0.15) is 5.26 Å². The van der Waals surface area contributed by atoms with Gasteiger partial charge in [0, 0.05) is 35.3 Å². The van der Waals surface area contributed by atoms with Crippen LogP contribution >= 0.6 is 11.6 Å². The van der Waals surface area contributed by atoms with Gasteiger partial charge in [0.1, 0.15) is 23.7 Å². The van der Waals surface area contributed by atoms with Crippen molar-refractivity contribution in [3.8, 4) is 17.6 Å². The summed E-state index contributed by atoms with van der Waals surface area (Å²) in [6.07, 6.45) is 2.64. The molecular formula is C21H23ClN4O3. The van der Waals surface area contributed by atoms with Crippen LogP contribution in [0.15, 0.2) is 30.6 Å². The minimum atomic E-state index is -0.340. The molecule has 0 atom stereocenters. The Balaban J connectivity index is 1.77. The third-order valence-electron chi connectivity index (χ3n) is 5.54. The lowest BCUT2D eigenvalue weighted by Gasteiger charge is -2.63. The van der Waals surface area contributed by atoms with Crippen molar-refractivity contribution in [3.05, 3.63) is 47.0 Å². The summed E-state index contributed by atoms with van der Waals surface area (Å²) in [4.78, 5) is 20.4. The Bertz CT molecular complexity index is 951. The Labute approximate surface area is 175 Å². The van der Waals surface area contributed by atoms with Crippen LogP contribution in [0.2, 0.25) is 5.28 Å². The number of carbonyl (C=O) groups is 1. The van der Waals surface area contributed by atoms with E-state index in [4.69, 9.17) is 26.3 Å². The van der Waals surface area contributed by atoms with Crippen LogP contribution < -0.4 is 14.8 Å². The van der Waals surface area contributed by atoms with Gasteiger partial charge in [-0.05, 0) is 23.7 Å². The lowest BCUT2D eigenvalue weighted by Crippen LogP contribution is -2.74. The van der Waals surface area contributed by atoms with Crippen molar-refractivity contribution >= 4 is 17.5 Å². The van der Waals surface area contributed by atoms with Crippen molar-refractivity contribution in [2.45, 2.75) is 39.8 Å². The third-order valence-corrected chi connectivity index (χ3v) is 5.74. The molecule has 8 heteroatoms. The number of amides is 1. The van der Waals surface area contributed by atoms with E-state index in [1.165, 1.54) is 19.5 Å². The van der Waals surface area contributed by atoms with E-state index in [0.29, 0.717) is 22.6 Å². The van der Waals surface area contributed by atoms with Crippen LogP contribution in [0.25, 0.3) is 0 Å². The molecule has 0 aliphatic heterocycles. The molecular weight excluding hydrogens is 392 g/mol. The molecule has 1 aliphatic carbocycles. The monoisotopic (exact) mass is 414 g/mol. The van der Waals surface area contributed by atoms with Crippen molar-refractivity contribution in [3.63, 3.8) is 0 Å². The summed E-state index contributed by atoms with van der Waals surface area (Å²) in [5, 5.41) is 12.3. The first kappa shape index (κ1) is 20.9. The minimum absolute atomic E-state index is 0.0946. The summed E-state index contributed by atoms with van der Waals surface area (Å²) in [5.41, 5.74) is 0.116. The van der Waals surface area contributed by atoms with Crippen molar-refractivity contribution in [1.29, 1.82) is 5.26 Å². The second kappa shape index (κ2) is 7.53. The number of ether oxygens (including phenoxy) is 2. The molecule has 7 nitrogen and oxygen atoms in total. The van der Waals surface area contributed by atoms with Crippen molar-refractivity contribution in [1.82, 2.24) is 15.3 Å². The number of hydrogen-bond acceptors (Lipinski definition) is 6. The maximum absolute atomic E-state index is 12.6. The molecule has 0 radical (unpaired) electrons. The molecule has 1 N–H and O–H groups in total. The molecule has 0 unspecified atom stereocenters. The van der Waals surface area contributed by atoms with Crippen LogP contribution in [0.5, 0.6) is 11.5 Å². The average Bonchev–Trinajstić information content (AvgIpc) is 2.69. The standard InChI is InChI=1S/C21H23ClN4O3/c1-20(2)17(26-16(27)13-10-24-19(22)25-11-13)21(3,4)18(20)29-14-7-6-12(9-23)15(8-14)28-5/h6-8,10-11,17-18H,1-5H3,(H,26,27). The topological polar surface area (TPSA) is 97.1 Å². The lowest BCUT2D eigenvalue weighted by molar-refractivity contribution is -0.164. The highest BCUT2D eigenvalue weighted by Gasteiger charge is 2.64. The van der Waals surface area contributed by atoms with Gasteiger partial charge in [0.2, 0.25) is 5.28 Å². The van der Waals surface area contributed by atoms with Crippen molar-refractivity contribution in [2.75, 3.05) is 7.11 Å². The van der Waals surface area contributed by atoms with Crippen LogP contribution in [-0.4, -0.2) is 35.1 Å². The summed E-state index contributed by atoms with van der Waals surface area (Å²) in [7, 11) is 1.52. The van der Waals surface area contributed by atoms with Gasteiger partial charge in [-0.3, -0.25) is 4.79 Å². The number of aromatic nitrogens is 2. The van der Waals surface area contributed by atoms with Crippen molar-refractivity contribution < 1.29 is 14.3 Å². The lowest BCUT2D eigenvalue weighted by atomic mass is 9.49. The second-order valence-corrected chi connectivity index (χ2v) is 8.60. The number of hydrogen-bond donors (Lipinski definition) is 1. The van der Waals surface area contributed by atoms with Gasteiger partial charge >= 0.3 is 0 Å². The summed E-state index contributed by atoms with van der Waals surface area (Å²) in [5.74, 6) is 0.821. The highest BCUT2D eigenvalue weighted by molar-refractivity contribution is 6.28. The molecule has 3 rings (SSSR count). The zero-order valence-electron chi connectivity index (χ0n) is 17.0. The molecule has 2 aromatic rings. The van der Waals surface area contributed by atoms with Gasteiger partial charge in [0.15, 0.2) is 0 Å². The number of carbonyl (C=O) groups excluding carboxylic acids is 1. The van der Waals surface area contributed by atoms with Crippen LogP contribution in [0.3, 0.4) is 0 Å². The summed E-state index contributed by atoms with van der Waals surface area (Å²) < 4.78 is 11.5. The predicted octanol–water partition coefficient (Wildman–Crippen LogP) is 3.62. The maximum atomic E-state index is 12.6. The van der Waals surface area contributed by atoms with E-state index in [1.54, 1.807) is 18.2 Å². The largest absolute Gasteiger partial charge is 0.495 e. The summed E-state index contributed by atoms with van der Waals surface area (Å²) >= 11 is 5.69. The van der Waals surface area contributed by atoms with Crippen molar-refractivity contribution in [2.24, 2.45) is 10.8 Å². The summed E-state index contributed by atoms with van der Waals surface area (Å²) in [6.45, 7) is 8.19. The molecule has 152 valence electrons. The van der Waals surface area contributed by atoms with E-state index < -0.39 is 0 Å². The number of nitriles is 1. The molecule has 0 spiro atoms. The SMILES string of the molecule is COc1cc(OC2C(C)(C)C(NC(=O)c3cnc(Cl)nc3)C2(C)C)ccc1C#N. The normalized spacial score (nSPS) is 21.4. The molecule has 0 saturated heterocycles. The van der Waals surface area contributed by atoms with Gasteiger partial charge < -0.3 is 14.8 Å². The number of methoxy groups -OCH3 is 1. The van der Waals surface area contributed by atoms with Gasteiger partial charge in [-0.15, -0.1) is 0 Å². The van der Waals surface area contributed by atoms with Crippen LogP contribution in [0, 0.1) is 22.2 Å². The smallest absolute Gasteiger partial charge is 0.254 e. The number of nitrogens with one attached hydrogen (secondary N) is 1. The Morgan fingerprint density at radius 2 is 1.83 bits per heavy atom. The average molecular weight is 415 g/mol. The van der Waals surface area contributed by atoms with E-state index in [-0.39, 0.29) is 34.2 Å². The van der Waals surface area contributed by atoms with Crippen LogP contribution in [-0.2, 0) is 0 Å². The minimum Gasteiger partial charge on any atom is -0.495 e. The molecule has 1 aromatic carbocycles. The van der Waals surface area contributed by atoms with Gasteiger partial charge in [-0.25, -0.2) is 9.97 Å². The molecule has 0 bridgehead atoms. The Kier molecular flexibility index (Phi) is 5.42. The maximum Gasteiger partial charge on any atom is 0.254 e. The van der Waals surface area contributed by atoms with Crippen LogP contribution in [0.4, 0.5) is 0 Å². The first-order valence-corrected chi connectivity index (χ1v) is 9.52.